The molecule has 0 aliphatic rings. The second-order valence-corrected chi connectivity index (χ2v) is 6.51. The van der Waals surface area contributed by atoms with Crippen molar-refractivity contribution in [2.45, 2.75) is 20.5 Å². The van der Waals surface area contributed by atoms with Crippen LogP contribution in [0.25, 0.3) is 11.1 Å². The molecule has 29 heavy (non-hydrogen) atoms. The van der Waals surface area contributed by atoms with Crippen molar-refractivity contribution in [3.8, 4) is 11.1 Å². The average Bonchev–Trinajstić information content (AvgIpc) is 2.74. The summed E-state index contributed by atoms with van der Waals surface area (Å²) in [6.07, 6.45) is 3.28. The van der Waals surface area contributed by atoms with E-state index in [4.69, 9.17) is 0 Å². The van der Waals surface area contributed by atoms with Gasteiger partial charge in [0.1, 0.15) is 0 Å². The van der Waals surface area contributed by atoms with Gasteiger partial charge in [0.15, 0.2) is 5.78 Å². The lowest BCUT2D eigenvalue weighted by atomic mass is 9.93. The first kappa shape index (κ1) is 23.8. The summed E-state index contributed by atoms with van der Waals surface area (Å²) in [6.45, 7) is 10.5. The van der Waals surface area contributed by atoms with E-state index in [0.29, 0.717) is 16.7 Å². The third kappa shape index (κ3) is 6.11. The summed E-state index contributed by atoms with van der Waals surface area (Å²) in [5.74, 6) is -0.0485. The van der Waals surface area contributed by atoms with Gasteiger partial charge in [-0.1, -0.05) is 91.5 Å². The van der Waals surface area contributed by atoms with Gasteiger partial charge in [-0.05, 0) is 42.2 Å². The number of hydrogen-bond donors (Lipinski definition) is 1. The van der Waals surface area contributed by atoms with Crippen LogP contribution in [0.5, 0.6) is 0 Å². The normalized spacial score (nSPS) is 9.48. The van der Waals surface area contributed by atoms with E-state index in [2.05, 4.69) is 37.4 Å². The number of hydrogen-bond acceptors (Lipinski definition) is 2. The van der Waals surface area contributed by atoms with Crippen LogP contribution in [0.3, 0.4) is 0 Å². The molecule has 0 aliphatic heterocycles. The van der Waals surface area contributed by atoms with E-state index in [1.807, 2.05) is 56.3 Å². The highest BCUT2D eigenvalue weighted by molar-refractivity contribution is 6.11. The monoisotopic (exact) mass is 388 g/mol. The van der Waals surface area contributed by atoms with Gasteiger partial charge >= 0.3 is 0 Å². The number of aliphatic hydroxyl groups excluding tert-OH is 1. The van der Waals surface area contributed by atoms with Gasteiger partial charge in [0.25, 0.3) is 0 Å². The van der Waals surface area contributed by atoms with Crippen LogP contribution in [0.2, 0.25) is 0 Å². The number of allylic oxidation sites excluding steroid dienone is 2. The minimum absolute atomic E-state index is 0. The molecule has 0 bridgehead atoms. The van der Waals surface area contributed by atoms with Crippen LogP contribution in [-0.2, 0) is 6.61 Å². The summed E-state index contributed by atoms with van der Waals surface area (Å²) >= 11 is 0. The van der Waals surface area contributed by atoms with Gasteiger partial charge in [-0.3, -0.25) is 4.79 Å². The van der Waals surface area contributed by atoms with Gasteiger partial charge in [0.2, 0.25) is 0 Å². The van der Waals surface area contributed by atoms with Gasteiger partial charge < -0.3 is 10.6 Å². The van der Waals surface area contributed by atoms with Crippen LogP contribution in [0.1, 0.15) is 32.6 Å². The lowest BCUT2D eigenvalue weighted by molar-refractivity contribution is 0.103. The number of carbonyl (C=O) groups excluding carboxylic acids is 1. The summed E-state index contributed by atoms with van der Waals surface area (Å²) in [6, 6.07) is 21.4. The van der Waals surface area contributed by atoms with Crippen molar-refractivity contribution in [1.82, 2.24) is 0 Å². The van der Waals surface area contributed by atoms with Crippen molar-refractivity contribution >= 4 is 5.78 Å². The zero-order valence-corrected chi connectivity index (χ0v) is 17.0. The van der Waals surface area contributed by atoms with Crippen molar-refractivity contribution in [3.05, 3.63) is 120 Å². The van der Waals surface area contributed by atoms with Crippen LogP contribution in [0.15, 0.2) is 92.0 Å². The predicted molar refractivity (Wildman–Crippen MR) is 121 cm³/mol. The van der Waals surface area contributed by atoms with Gasteiger partial charge in [0, 0.05) is 11.1 Å². The van der Waals surface area contributed by atoms with E-state index >= 15 is 0 Å². The lowest BCUT2D eigenvalue weighted by Crippen LogP contribution is -2.07. The molecule has 0 fully saturated rings. The minimum atomic E-state index is -0.160. The number of ketones is 1. The molecule has 0 aromatic heterocycles. The highest BCUT2D eigenvalue weighted by Gasteiger charge is 2.15. The smallest absolute Gasteiger partial charge is 0.193 e. The largest absolute Gasteiger partial charge is 0.412 e. The Hall–Kier alpha value is -3.27. The first-order valence-electron chi connectivity index (χ1n) is 9.16. The van der Waals surface area contributed by atoms with E-state index in [1.54, 1.807) is 12.2 Å². The molecule has 0 heterocycles. The topological polar surface area (TPSA) is 68.8 Å². The molecule has 0 amide bonds. The molecule has 0 saturated carbocycles. The first-order valence-corrected chi connectivity index (χ1v) is 9.16. The molecule has 0 saturated heterocycles. The molecule has 0 radical (unpaired) electrons. The fourth-order valence-electron chi connectivity index (χ4n) is 2.84. The third-order valence-corrected chi connectivity index (χ3v) is 4.46. The average molecular weight is 389 g/mol. The number of carbonyl (C=O) groups is 1. The second-order valence-electron chi connectivity index (χ2n) is 6.51. The van der Waals surface area contributed by atoms with E-state index in [0.717, 1.165) is 16.7 Å². The van der Waals surface area contributed by atoms with Gasteiger partial charge in [-0.15, -0.1) is 0 Å². The van der Waals surface area contributed by atoms with Crippen molar-refractivity contribution in [3.63, 3.8) is 0 Å². The molecule has 150 valence electrons. The molecule has 3 heteroatoms. The van der Waals surface area contributed by atoms with Crippen LogP contribution in [-0.4, -0.2) is 16.4 Å². The van der Waals surface area contributed by atoms with Crippen LogP contribution in [0.4, 0.5) is 0 Å². The molecule has 0 atom stereocenters. The maximum Gasteiger partial charge on any atom is 0.193 e. The summed E-state index contributed by atoms with van der Waals surface area (Å²) in [5.41, 5.74) is 6.10. The predicted octanol–water partition coefficient (Wildman–Crippen LogP) is 5.23. The fourth-order valence-corrected chi connectivity index (χ4v) is 2.84. The fraction of sp³-hybridized carbons (Fsp3) is 0.115. The third-order valence-electron chi connectivity index (χ3n) is 4.46. The number of aliphatic hydroxyl groups is 1. The Balaban J connectivity index is 0.000000771. The highest BCUT2D eigenvalue weighted by Crippen LogP contribution is 2.25. The molecule has 3 nitrogen and oxygen atoms in total. The maximum absolute atomic E-state index is 12.8. The molecule has 3 aromatic carbocycles. The Labute approximate surface area is 173 Å². The summed E-state index contributed by atoms with van der Waals surface area (Å²) in [7, 11) is 0. The summed E-state index contributed by atoms with van der Waals surface area (Å²) in [5, 5.41) is 9.75. The maximum atomic E-state index is 12.8. The minimum Gasteiger partial charge on any atom is -0.412 e. The molecular formula is C26H28O3. The molecule has 3 rings (SSSR count). The Morgan fingerprint density at radius 1 is 0.862 bits per heavy atom. The molecular weight excluding hydrogens is 360 g/mol. The lowest BCUT2D eigenvalue weighted by Gasteiger charge is -2.11. The van der Waals surface area contributed by atoms with Gasteiger partial charge in [-0.2, -0.15) is 0 Å². The molecule has 3 aromatic rings. The van der Waals surface area contributed by atoms with E-state index in [1.165, 1.54) is 5.56 Å². The second kappa shape index (κ2) is 11.5. The first-order chi connectivity index (χ1) is 13.5. The standard InChI is InChI=1S/C22H20O2.C4H6.H2O/c1-15-7-9-17(10-8-15)18-11-12-21(19(13-18)14-23)22(24)20-6-4-3-5-16(20)2;1-3-4-2;/h3-13,23H,14H2,1-2H3;3-4H,1-2H2;1H2. The molecule has 3 N–H and O–H groups in total. The van der Waals surface area contributed by atoms with Gasteiger partial charge in [0.05, 0.1) is 6.61 Å². The van der Waals surface area contributed by atoms with Crippen molar-refractivity contribution in [2.75, 3.05) is 0 Å². The van der Waals surface area contributed by atoms with Gasteiger partial charge in [-0.25, -0.2) is 0 Å². The quantitative estimate of drug-likeness (QED) is 0.480. The van der Waals surface area contributed by atoms with E-state index in [-0.39, 0.29) is 17.9 Å². The Morgan fingerprint density at radius 3 is 2.00 bits per heavy atom. The molecule has 0 aliphatic carbocycles. The van der Waals surface area contributed by atoms with Crippen LogP contribution >= 0.6 is 0 Å². The van der Waals surface area contributed by atoms with E-state index in [9.17, 15) is 9.90 Å². The Morgan fingerprint density at radius 2 is 1.45 bits per heavy atom. The molecule has 0 spiro atoms. The van der Waals surface area contributed by atoms with Crippen molar-refractivity contribution in [2.24, 2.45) is 0 Å². The Bertz CT molecular complexity index is 963. The van der Waals surface area contributed by atoms with Crippen LogP contribution < -0.4 is 0 Å². The zero-order valence-electron chi connectivity index (χ0n) is 17.0. The number of aryl methyl sites for hydroxylation is 2. The highest BCUT2D eigenvalue weighted by atomic mass is 16.3. The SMILES string of the molecule is C=CC=C.Cc1ccc(-c2ccc(C(=O)c3ccccc3C)c(CO)c2)cc1.O. The molecule has 0 unspecified atom stereocenters. The summed E-state index contributed by atoms with van der Waals surface area (Å²) in [4.78, 5) is 12.8. The zero-order chi connectivity index (χ0) is 20.5. The van der Waals surface area contributed by atoms with E-state index < -0.39 is 0 Å². The van der Waals surface area contributed by atoms with Crippen molar-refractivity contribution in [1.29, 1.82) is 0 Å². The van der Waals surface area contributed by atoms with Crippen molar-refractivity contribution < 1.29 is 15.4 Å². The number of rotatable bonds is 5. The Kier molecular flexibility index (Phi) is 9.46. The van der Waals surface area contributed by atoms with Crippen LogP contribution in [0, 0.1) is 13.8 Å². The number of benzene rings is 3. The summed E-state index contributed by atoms with van der Waals surface area (Å²) < 4.78 is 0.